The topological polar surface area (TPSA) is 129 Å². The molecule has 42 heavy (non-hydrogen) atoms. The molecule has 2 aliphatic rings. The number of imidazole rings is 1. The highest BCUT2D eigenvalue weighted by Crippen LogP contribution is 2.33. The third-order valence-electron chi connectivity index (χ3n) is 7.56. The van der Waals surface area contributed by atoms with Crippen molar-refractivity contribution in [2.45, 2.75) is 89.8 Å². The monoisotopic (exact) mass is 612 g/mol. The summed E-state index contributed by atoms with van der Waals surface area (Å²) in [6.45, 7) is 12.4. The van der Waals surface area contributed by atoms with Crippen LogP contribution in [0.3, 0.4) is 0 Å². The number of allylic oxidation sites excluding steroid dienone is 2. The fourth-order valence-electron chi connectivity index (χ4n) is 5.41. The Hall–Kier alpha value is -2.82. The lowest BCUT2D eigenvalue weighted by molar-refractivity contribution is 0.0808. The maximum absolute atomic E-state index is 13.5. The predicted octanol–water partition coefficient (Wildman–Crippen LogP) is 4.79. The number of piperazine rings is 1. The number of anilines is 1. The number of aromatic nitrogens is 2. The van der Waals surface area contributed by atoms with Gasteiger partial charge in [-0.05, 0) is 68.8 Å². The van der Waals surface area contributed by atoms with Crippen molar-refractivity contribution in [3.8, 4) is 6.07 Å². The summed E-state index contributed by atoms with van der Waals surface area (Å²) >= 11 is 0. The van der Waals surface area contributed by atoms with Crippen LogP contribution in [0.2, 0.25) is 25.7 Å². The van der Waals surface area contributed by atoms with Gasteiger partial charge in [0, 0.05) is 57.3 Å². The second-order valence-corrected chi connectivity index (χ2v) is 20.3. The zero-order chi connectivity index (χ0) is 30.5. The molecule has 12 heteroatoms. The van der Waals surface area contributed by atoms with Gasteiger partial charge in [-0.1, -0.05) is 31.8 Å². The van der Waals surface area contributed by atoms with Gasteiger partial charge in [-0.3, -0.25) is 4.79 Å². The molecule has 1 aromatic carbocycles. The highest BCUT2D eigenvalue weighted by molar-refractivity contribution is 7.88. The minimum absolute atomic E-state index is 0.0870. The fourth-order valence-corrected chi connectivity index (χ4v) is 7.85. The molecule has 0 bridgehead atoms. The standard InChI is InChI=1S/C30H44N6O4SSi/c1-22-17-36(18-23(2)32-22)41(38,39)20-24-11-12-28(27(15-24)25-9-7-6-8-10-25)34-30(37)29-33-26(16-31)19-35(29)21-40-13-14-42(3,4)5/h9,11-12,15,19,22-23,32H,6-8,10,13-14,17-18,20-21H2,1-5H3,(H,34,37)/t22-,23?/m0/s1. The average molecular weight is 613 g/mol. The Kier molecular flexibility index (Phi) is 10.4. The van der Waals surface area contributed by atoms with Crippen LogP contribution in [-0.4, -0.2) is 68.0 Å². The van der Waals surface area contributed by atoms with E-state index < -0.39 is 24.0 Å². The number of carbonyl (C=O) groups is 1. The largest absolute Gasteiger partial charge is 0.361 e. The molecule has 0 spiro atoms. The number of nitriles is 1. The lowest BCUT2D eigenvalue weighted by Crippen LogP contribution is -2.55. The lowest BCUT2D eigenvalue weighted by Gasteiger charge is -2.35. The Labute approximate surface area is 251 Å². The van der Waals surface area contributed by atoms with Gasteiger partial charge >= 0.3 is 0 Å². The van der Waals surface area contributed by atoms with Crippen LogP contribution >= 0.6 is 0 Å². The lowest BCUT2D eigenvalue weighted by atomic mass is 9.91. The molecule has 10 nitrogen and oxygen atoms in total. The Bertz CT molecular complexity index is 1450. The van der Waals surface area contributed by atoms with E-state index in [4.69, 9.17) is 4.74 Å². The number of benzene rings is 1. The first-order valence-electron chi connectivity index (χ1n) is 14.8. The predicted molar refractivity (Wildman–Crippen MR) is 168 cm³/mol. The van der Waals surface area contributed by atoms with Crippen molar-refractivity contribution in [2.24, 2.45) is 0 Å². The fraction of sp³-hybridized carbons (Fsp3) is 0.567. The molecule has 0 radical (unpaired) electrons. The van der Waals surface area contributed by atoms with Crippen molar-refractivity contribution >= 4 is 35.3 Å². The molecule has 1 aliphatic heterocycles. The molecule has 2 N–H and O–H groups in total. The molecule has 0 saturated carbocycles. The molecule has 2 atom stereocenters. The minimum atomic E-state index is -3.52. The number of nitrogens with zero attached hydrogens (tertiary/aromatic N) is 4. The van der Waals surface area contributed by atoms with Gasteiger partial charge in [0.05, 0.1) is 5.75 Å². The van der Waals surface area contributed by atoms with E-state index in [0.717, 1.165) is 42.9 Å². The number of ether oxygens (including phenoxy) is 1. The van der Waals surface area contributed by atoms with E-state index in [2.05, 4.69) is 41.3 Å². The summed E-state index contributed by atoms with van der Waals surface area (Å²) in [4.78, 5) is 17.7. The molecule has 228 valence electrons. The molecule has 1 fully saturated rings. The Morgan fingerprint density at radius 3 is 2.60 bits per heavy atom. The number of carbonyl (C=O) groups excluding carboxylic acids is 1. The molecule has 2 aromatic rings. The number of rotatable bonds is 11. The Morgan fingerprint density at radius 1 is 1.21 bits per heavy atom. The quantitative estimate of drug-likeness (QED) is 0.276. The number of hydrogen-bond acceptors (Lipinski definition) is 7. The summed E-state index contributed by atoms with van der Waals surface area (Å²) in [5.74, 6) is -0.463. The van der Waals surface area contributed by atoms with Crippen LogP contribution in [0.1, 0.15) is 67.0 Å². The molecule has 1 amide bonds. The third kappa shape index (κ3) is 8.61. The van der Waals surface area contributed by atoms with E-state index in [0.29, 0.717) is 30.9 Å². The number of amides is 1. The summed E-state index contributed by atoms with van der Waals surface area (Å²) < 4.78 is 35.7. The highest BCUT2D eigenvalue weighted by Gasteiger charge is 2.30. The van der Waals surface area contributed by atoms with Crippen molar-refractivity contribution in [1.29, 1.82) is 5.26 Å². The van der Waals surface area contributed by atoms with Gasteiger partial charge < -0.3 is 19.9 Å². The van der Waals surface area contributed by atoms with E-state index >= 15 is 0 Å². The summed E-state index contributed by atoms with van der Waals surface area (Å²) in [6.07, 6.45) is 7.62. The second-order valence-electron chi connectivity index (χ2n) is 12.7. The van der Waals surface area contributed by atoms with Crippen LogP contribution in [0.5, 0.6) is 0 Å². The van der Waals surface area contributed by atoms with E-state index in [1.54, 1.807) is 21.0 Å². The van der Waals surface area contributed by atoms with Gasteiger partial charge in [-0.25, -0.2) is 13.4 Å². The molecular formula is C30H44N6O4SSi. The van der Waals surface area contributed by atoms with E-state index in [-0.39, 0.29) is 36.1 Å². The number of nitrogens with one attached hydrogen (secondary N) is 2. The average Bonchev–Trinajstić information content (AvgIpc) is 3.35. The van der Waals surface area contributed by atoms with Crippen LogP contribution in [0.4, 0.5) is 5.69 Å². The zero-order valence-corrected chi connectivity index (χ0v) is 27.3. The van der Waals surface area contributed by atoms with Gasteiger partial charge in [-0.2, -0.15) is 9.57 Å². The Balaban J connectivity index is 1.57. The second kappa shape index (κ2) is 13.6. The highest BCUT2D eigenvalue weighted by atomic mass is 32.2. The summed E-state index contributed by atoms with van der Waals surface area (Å²) in [6, 6.07) is 8.61. The SMILES string of the molecule is CC1CN(S(=O)(=O)Cc2ccc(NC(=O)c3nc(C#N)cn3COCC[Si](C)(C)C)c(C3=CCCCC3)c2)C[C@H](C)N1. The number of sulfonamides is 1. The van der Waals surface area contributed by atoms with Gasteiger partial charge in [0.1, 0.15) is 12.8 Å². The first kappa shape index (κ1) is 32.1. The normalized spacial score (nSPS) is 20.1. The molecule has 1 aromatic heterocycles. The van der Waals surface area contributed by atoms with Crippen LogP contribution in [0, 0.1) is 11.3 Å². The van der Waals surface area contributed by atoms with Crippen LogP contribution in [-0.2, 0) is 27.2 Å². The first-order valence-corrected chi connectivity index (χ1v) is 20.1. The number of hydrogen-bond donors (Lipinski definition) is 2. The minimum Gasteiger partial charge on any atom is -0.361 e. The van der Waals surface area contributed by atoms with E-state index in [1.165, 1.54) is 6.20 Å². The van der Waals surface area contributed by atoms with Crippen LogP contribution in [0.25, 0.3) is 5.57 Å². The molecule has 1 aliphatic carbocycles. The zero-order valence-electron chi connectivity index (χ0n) is 25.4. The summed E-state index contributed by atoms with van der Waals surface area (Å²) in [7, 11) is -4.80. The smallest absolute Gasteiger partial charge is 0.291 e. The third-order valence-corrected chi connectivity index (χ3v) is 11.0. The maximum atomic E-state index is 13.5. The van der Waals surface area contributed by atoms with E-state index in [9.17, 15) is 18.5 Å². The maximum Gasteiger partial charge on any atom is 0.291 e. The van der Waals surface area contributed by atoms with Gasteiger partial charge in [0.15, 0.2) is 5.69 Å². The summed E-state index contributed by atoms with van der Waals surface area (Å²) in [5.41, 5.74) is 3.32. The van der Waals surface area contributed by atoms with Crippen molar-refractivity contribution in [2.75, 3.05) is 25.0 Å². The van der Waals surface area contributed by atoms with E-state index in [1.807, 2.05) is 26.0 Å². The van der Waals surface area contributed by atoms with Crippen LogP contribution < -0.4 is 10.6 Å². The van der Waals surface area contributed by atoms with Gasteiger partial charge in [-0.15, -0.1) is 0 Å². The van der Waals surface area contributed by atoms with Gasteiger partial charge in [0.25, 0.3) is 5.91 Å². The van der Waals surface area contributed by atoms with Crippen molar-refractivity contribution < 1.29 is 17.9 Å². The first-order chi connectivity index (χ1) is 19.8. The van der Waals surface area contributed by atoms with Crippen molar-refractivity contribution in [3.63, 3.8) is 0 Å². The molecule has 1 saturated heterocycles. The molecular weight excluding hydrogens is 569 g/mol. The summed E-state index contributed by atoms with van der Waals surface area (Å²) in [5, 5.41) is 15.8. The molecule has 2 heterocycles. The Morgan fingerprint density at radius 2 is 1.95 bits per heavy atom. The molecule has 1 unspecified atom stereocenters. The van der Waals surface area contributed by atoms with Crippen molar-refractivity contribution in [1.82, 2.24) is 19.2 Å². The molecule has 4 rings (SSSR count). The van der Waals surface area contributed by atoms with Crippen LogP contribution in [0.15, 0.2) is 30.5 Å². The van der Waals surface area contributed by atoms with Gasteiger partial charge in [0.2, 0.25) is 15.8 Å². The van der Waals surface area contributed by atoms with Crippen molar-refractivity contribution in [3.05, 3.63) is 53.1 Å².